The molecule has 0 atom stereocenters. The van der Waals surface area contributed by atoms with E-state index in [4.69, 9.17) is 0 Å². The first-order chi connectivity index (χ1) is 9.56. The third-order valence-corrected chi connectivity index (χ3v) is 3.43. The van der Waals surface area contributed by atoms with Crippen LogP contribution >= 0.6 is 0 Å². The van der Waals surface area contributed by atoms with Crippen molar-refractivity contribution >= 4 is 5.78 Å². The summed E-state index contributed by atoms with van der Waals surface area (Å²) in [6.07, 6.45) is 0. The molecule has 0 saturated carbocycles. The second-order valence-corrected chi connectivity index (χ2v) is 5.40. The lowest BCUT2D eigenvalue weighted by molar-refractivity contribution is 0.0942. The zero-order chi connectivity index (χ0) is 14.5. The quantitative estimate of drug-likeness (QED) is 0.771. The highest BCUT2D eigenvalue weighted by molar-refractivity contribution is 5.98. The number of rotatable bonds is 5. The van der Waals surface area contributed by atoms with E-state index >= 15 is 0 Å². The van der Waals surface area contributed by atoms with Crippen LogP contribution in [0.3, 0.4) is 0 Å². The number of Topliss-reactive ketones (excluding diaryl/α,β-unsaturated/α-hetero) is 1. The van der Waals surface area contributed by atoms with Crippen LogP contribution in [0, 0.1) is 13.8 Å². The van der Waals surface area contributed by atoms with Gasteiger partial charge in [0.15, 0.2) is 5.78 Å². The van der Waals surface area contributed by atoms with Crippen LogP contribution in [0.25, 0.3) is 0 Å². The van der Waals surface area contributed by atoms with Crippen molar-refractivity contribution in [3.05, 3.63) is 70.8 Å². The standard InChI is InChI=1S/C18H21NO/c1-14-8-10-16(11-9-14)12-19(3)13-18(20)17-7-5-4-6-15(17)2/h4-11H,12-13H2,1-3H3. The zero-order valence-corrected chi connectivity index (χ0v) is 12.4. The Morgan fingerprint density at radius 1 is 1.00 bits per heavy atom. The zero-order valence-electron chi connectivity index (χ0n) is 12.4. The molecule has 0 aromatic heterocycles. The van der Waals surface area contributed by atoms with Crippen molar-refractivity contribution in [2.75, 3.05) is 13.6 Å². The van der Waals surface area contributed by atoms with Gasteiger partial charge in [0.2, 0.25) is 0 Å². The van der Waals surface area contributed by atoms with Gasteiger partial charge < -0.3 is 0 Å². The van der Waals surface area contributed by atoms with Crippen molar-refractivity contribution in [2.24, 2.45) is 0 Å². The Morgan fingerprint density at radius 3 is 2.30 bits per heavy atom. The molecule has 0 radical (unpaired) electrons. The highest BCUT2D eigenvalue weighted by Gasteiger charge is 2.11. The largest absolute Gasteiger partial charge is 0.295 e. The van der Waals surface area contributed by atoms with Crippen LogP contribution in [-0.4, -0.2) is 24.3 Å². The Labute approximate surface area is 121 Å². The van der Waals surface area contributed by atoms with Gasteiger partial charge in [-0.15, -0.1) is 0 Å². The Balaban J connectivity index is 1.98. The second-order valence-electron chi connectivity index (χ2n) is 5.40. The smallest absolute Gasteiger partial charge is 0.177 e. The van der Waals surface area contributed by atoms with Gasteiger partial charge in [-0.25, -0.2) is 0 Å². The van der Waals surface area contributed by atoms with E-state index in [2.05, 4.69) is 36.1 Å². The van der Waals surface area contributed by atoms with Crippen LogP contribution in [-0.2, 0) is 6.54 Å². The number of aryl methyl sites for hydroxylation is 2. The summed E-state index contributed by atoms with van der Waals surface area (Å²) in [6.45, 7) is 5.29. The summed E-state index contributed by atoms with van der Waals surface area (Å²) < 4.78 is 0. The Morgan fingerprint density at radius 2 is 1.65 bits per heavy atom. The fraction of sp³-hybridized carbons (Fsp3) is 0.278. The molecule has 2 aromatic carbocycles. The van der Waals surface area contributed by atoms with Gasteiger partial charge in [-0.2, -0.15) is 0 Å². The highest BCUT2D eigenvalue weighted by Crippen LogP contribution is 2.10. The number of carbonyl (C=O) groups is 1. The lowest BCUT2D eigenvalue weighted by Crippen LogP contribution is -2.26. The van der Waals surface area contributed by atoms with E-state index in [-0.39, 0.29) is 5.78 Å². The minimum atomic E-state index is 0.178. The predicted octanol–water partition coefficient (Wildman–Crippen LogP) is 3.62. The molecule has 0 aliphatic heterocycles. The molecule has 20 heavy (non-hydrogen) atoms. The van der Waals surface area contributed by atoms with Gasteiger partial charge in [-0.3, -0.25) is 9.69 Å². The molecule has 0 fully saturated rings. The maximum absolute atomic E-state index is 12.3. The molecule has 0 amide bonds. The van der Waals surface area contributed by atoms with E-state index in [0.29, 0.717) is 6.54 Å². The lowest BCUT2D eigenvalue weighted by Gasteiger charge is -2.16. The van der Waals surface area contributed by atoms with Crippen molar-refractivity contribution < 1.29 is 4.79 Å². The second kappa shape index (κ2) is 6.49. The van der Waals surface area contributed by atoms with Crippen LogP contribution in [0.15, 0.2) is 48.5 Å². The van der Waals surface area contributed by atoms with Crippen LogP contribution in [0.5, 0.6) is 0 Å². The fourth-order valence-corrected chi connectivity index (χ4v) is 2.28. The number of hydrogen-bond acceptors (Lipinski definition) is 2. The first-order valence-electron chi connectivity index (χ1n) is 6.89. The molecule has 0 saturated heterocycles. The normalized spacial score (nSPS) is 10.8. The van der Waals surface area contributed by atoms with E-state index < -0.39 is 0 Å². The number of ketones is 1. The minimum absolute atomic E-state index is 0.178. The summed E-state index contributed by atoms with van der Waals surface area (Å²) >= 11 is 0. The molecule has 0 bridgehead atoms. The topological polar surface area (TPSA) is 20.3 Å². The third kappa shape index (κ3) is 3.78. The van der Waals surface area contributed by atoms with E-state index in [1.165, 1.54) is 11.1 Å². The predicted molar refractivity (Wildman–Crippen MR) is 83.0 cm³/mol. The maximum Gasteiger partial charge on any atom is 0.177 e. The van der Waals surface area contributed by atoms with Gasteiger partial charge in [-0.1, -0.05) is 54.1 Å². The number of nitrogens with zero attached hydrogens (tertiary/aromatic N) is 1. The lowest BCUT2D eigenvalue weighted by atomic mass is 10.0. The average molecular weight is 267 g/mol. The average Bonchev–Trinajstić information content (AvgIpc) is 2.41. The monoisotopic (exact) mass is 267 g/mol. The van der Waals surface area contributed by atoms with E-state index in [1.807, 2.05) is 38.2 Å². The number of benzene rings is 2. The molecular weight excluding hydrogens is 246 g/mol. The molecular formula is C18H21NO. The Kier molecular flexibility index (Phi) is 4.70. The summed E-state index contributed by atoms with van der Waals surface area (Å²) in [5.74, 6) is 0.178. The number of likely N-dealkylation sites (N-methyl/N-ethyl adjacent to an activating group) is 1. The molecule has 0 heterocycles. The van der Waals surface area contributed by atoms with Crippen LogP contribution < -0.4 is 0 Å². The van der Waals surface area contributed by atoms with Crippen molar-refractivity contribution in [1.82, 2.24) is 4.90 Å². The van der Waals surface area contributed by atoms with Crippen molar-refractivity contribution in [3.8, 4) is 0 Å². The molecule has 2 aromatic rings. The maximum atomic E-state index is 12.3. The van der Waals surface area contributed by atoms with E-state index in [0.717, 1.165) is 17.7 Å². The van der Waals surface area contributed by atoms with Gasteiger partial charge in [0, 0.05) is 12.1 Å². The van der Waals surface area contributed by atoms with Gasteiger partial charge in [0.1, 0.15) is 0 Å². The molecule has 2 nitrogen and oxygen atoms in total. The third-order valence-electron chi connectivity index (χ3n) is 3.43. The molecule has 0 spiro atoms. The first kappa shape index (κ1) is 14.5. The highest BCUT2D eigenvalue weighted by atomic mass is 16.1. The summed E-state index contributed by atoms with van der Waals surface area (Å²) in [5, 5.41) is 0. The SMILES string of the molecule is Cc1ccc(CN(C)CC(=O)c2ccccc2C)cc1. The number of carbonyl (C=O) groups excluding carboxylic acids is 1. The molecule has 0 unspecified atom stereocenters. The molecule has 2 heteroatoms. The summed E-state index contributed by atoms with van der Waals surface area (Å²) in [4.78, 5) is 14.3. The Hall–Kier alpha value is -1.93. The summed E-state index contributed by atoms with van der Waals surface area (Å²) in [6, 6.07) is 16.2. The van der Waals surface area contributed by atoms with Gasteiger partial charge in [0.25, 0.3) is 0 Å². The fourth-order valence-electron chi connectivity index (χ4n) is 2.28. The number of hydrogen-bond donors (Lipinski definition) is 0. The first-order valence-corrected chi connectivity index (χ1v) is 6.89. The van der Waals surface area contributed by atoms with Gasteiger partial charge >= 0.3 is 0 Å². The summed E-state index contributed by atoms with van der Waals surface area (Å²) in [7, 11) is 1.98. The van der Waals surface area contributed by atoms with E-state index in [9.17, 15) is 4.79 Å². The minimum Gasteiger partial charge on any atom is -0.295 e. The molecule has 0 N–H and O–H groups in total. The molecule has 0 aliphatic carbocycles. The molecule has 2 rings (SSSR count). The Bertz CT molecular complexity index is 587. The van der Waals surface area contributed by atoms with Crippen molar-refractivity contribution in [3.63, 3.8) is 0 Å². The van der Waals surface area contributed by atoms with E-state index in [1.54, 1.807) is 0 Å². The van der Waals surface area contributed by atoms with Gasteiger partial charge in [-0.05, 0) is 32.0 Å². The van der Waals surface area contributed by atoms with Crippen LogP contribution in [0.4, 0.5) is 0 Å². The molecule has 0 aliphatic rings. The van der Waals surface area contributed by atoms with Crippen molar-refractivity contribution in [2.45, 2.75) is 20.4 Å². The van der Waals surface area contributed by atoms with Crippen LogP contribution in [0.1, 0.15) is 27.0 Å². The van der Waals surface area contributed by atoms with Gasteiger partial charge in [0.05, 0.1) is 6.54 Å². The molecule has 104 valence electrons. The van der Waals surface area contributed by atoms with Crippen molar-refractivity contribution in [1.29, 1.82) is 0 Å². The summed E-state index contributed by atoms with van der Waals surface area (Å²) in [5.41, 5.74) is 4.35. The van der Waals surface area contributed by atoms with Crippen LogP contribution in [0.2, 0.25) is 0 Å².